The van der Waals surface area contributed by atoms with Crippen LogP contribution in [-0.4, -0.2) is 0 Å². The van der Waals surface area contributed by atoms with Crippen LogP contribution in [0.2, 0.25) is 0 Å². The van der Waals surface area contributed by atoms with Crippen LogP contribution in [0.15, 0.2) is 17.5 Å². The van der Waals surface area contributed by atoms with Gasteiger partial charge in [0, 0.05) is 11.0 Å². The maximum atomic E-state index is 3.39. The van der Waals surface area contributed by atoms with E-state index in [1.54, 1.807) is 0 Å². The Kier molecular flexibility index (Phi) is 2.69. The number of rotatable bonds is 2. The van der Waals surface area contributed by atoms with E-state index in [-0.39, 0.29) is 0 Å². The molecule has 0 aliphatic carbocycles. The van der Waals surface area contributed by atoms with Crippen molar-refractivity contribution in [1.29, 1.82) is 0 Å². The van der Waals surface area contributed by atoms with Crippen LogP contribution in [0.25, 0.3) is 0 Å². The third-order valence-corrected chi connectivity index (χ3v) is 2.88. The van der Waals surface area contributed by atoms with E-state index in [0.717, 1.165) is 6.16 Å². The van der Waals surface area contributed by atoms with E-state index in [0.29, 0.717) is 0 Å². The second kappa shape index (κ2) is 3.35. The standard InChI is InChI=1S/C5H6P2S/c6-7-4-5-2-1-3-8-5/h1-3,6H,4H2. The van der Waals surface area contributed by atoms with E-state index >= 15 is 0 Å². The minimum atomic E-state index is 1.13. The highest BCUT2D eigenvalue weighted by Gasteiger charge is 1.85. The molecule has 1 aromatic rings. The molecule has 1 aromatic heterocycles. The van der Waals surface area contributed by atoms with Crippen molar-refractivity contribution >= 4 is 27.7 Å². The molecule has 0 saturated carbocycles. The van der Waals surface area contributed by atoms with Crippen molar-refractivity contribution in [2.45, 2.75) is 6.16 Å². The molecule has 0 aliphatic rings. The van der Waals surface area contributed by atoms with Gasteiger partial charge in [0.05, 0.1) is 0 Å². The summed E-state index contributed by atoms with van der Waals surface area (Å²) in [5.74, 6) is 0. The molecule has 0 aromatic carbocycles. The lowest BCUT2D eigenvalue weighted by Crippen LogP contribution is -1.58. The first-order valence-electron chi connectivity index (χ1n) is 2.29. The van der Waals surface area contributed by atoms with E-state index in [1.165, 1.54) is 12.7 Å². The summed E-state index contributed by atoms with van der Waals surface area (Å²) in [4.78, 5) is 1.45. The van der Waals surface area contributed by atoms with E-state index in [2.05, 4.69) is 26.0 Å². The molecule has 0 unspecified atom stereocenters. The number of thiophene rings is 1. The van der Waals surface area contributed by atoms with Crippen molar-refractivity contribution in [2.75, 3.05) is 0 Å². The van der Waals surface area contributed by atoms with E-state index in [9.17, 15) is 0 Å². The summed E-state index contributed by atoms with van der Waals surface area (Å²) in [6.45, 7) is 0. The molecule has 0 amide bonds. The second-order valence-electron chi connectivity index (χ2n) is 1.40. The van der Waals surface area contributed by atoms with Crippen LogP contribution in [0.5, 0.6) is 0 Å². The van der Waals surface area contributed by atoms with Crippen LogP contribution in [0.1, 0.15) is 4.88 Å². The molecule has 0 saturated heterocycles. The van der Waals surface area contributed by atoms with Crippen LogP contribution in [-0.2, 0) is 6.16 Å². The van der Waals surface area contributed by atoms with Crippen LogP contribution < -0.4 is 0 Å². The minimum Gasteiger partial charge on any atom is -0.148 e. The van der Waals surface area contributed by atoms with E-state index in [4.69, 9.17) is 0 Å². The van der Waals surface area contributed by atoms with Gasteiger partial charge in [-0.2, -0.15) is 0 Å². The molecule has 0 atom stereocenters. The number of hydrogen-bond donors (Lipinski definition) is 0. The molecule has 42 valence electrons. The summed E-state index contributed by atoms with van der Waals surface area (Å²) >= 11 is 1.81. The maximum Gasteiger partial charge on any atom is 0.0278 e. The molecule has 0 N–H and O–H groups in total. The van der Waals surface area contributed by atoms with E-state index in [1.807, 2.05) is 11.3 Å². The van der Waals surface area contributed by atoms with Crippen LogP contribution in [0.3, 0.4) is 0 Å². The summed E-state index contributed by atoms with van der Waals surface area (Å²) in [7, 11) is 4.66. The maximum absolute atomic E-state index is 3.39. The van der Waals surface area contributed by atoms with Crippen LogP contribution >= 0.6 is 27.7 Å². The van der Waals surface area contributed by atoms with Crippen molar-refractivity contribution < 1.29 is 0 Å². The Balaban J connectivity index is 2.62. The predicted octanol–water partition coefficient (Wildman–Crippen LogP) is 3.25. The molecular weight excluding hydrogens is 154 g/mol. The quantitative estimate of drug-likeness (QED) is 0.582. The Hall–Kier alpha value is 0.300. The van der Waals surface area contributed by atoms with Gasteiger partial charge in [0.15, 0.2) is 0 Å². The fourth-order valence-corrected chi connectivity index (χ4v) is 2.58. The zero-order chi connectivity index (χ0) is 5.82. The van der Waals surface area contributed by atoms with Gasteiger partial charge in [-0.1, -0.05) is 22.5 Å². The smallest absolute Gasteiger partial charge is 0.0278 e. The van der Waals surface area contributed by atoms with Crippen molar-refractivity contribution in [3.05, 3.63) is 22.4 Å². The van der Waals surface area contributed by atoms with Gasteiger partial charge in [0.25, 0.3) is 0 Å². The molecule has 1 rings (SSSR count). The molecule has 0 radical (unpaired) electrons. The molecule has 3 heteroatoms. The highest BCUT2D eigenvalue weighted by atomic mass is 32.1. The fourth-order valence-electron chi connectivity index (χ4n) is 0.480. The highest BCUT2D eigenvalue weighted by molar-refractivity contribution is 7.74. The topological polar surface area (TPSA) is 0 Å². The van der Waals surface area contributed by atoms with Gasteiger partial charge < -0.3 is 0 Å². The first-order chi connectivity index (χ1) is 3.93. The van der Waals surface area contributed by atoms with Crippen LogP contribution in [0.4, 0.5) is 0 Å². The minimum absolute atomic E-state index is 1.13. The third kappa shape index (κ3) is 1.67. The van der Waals surface area contributed by atoms with Gasteiger partial charge in [0.2, 0.25) is 0 Å². The van der Waals surface area contributed by atoms with Gasteiger partial charge in [-0.05, 0) is 11.4 Å². The third-order valence-electron chi connectivity index (χ3n) is 0.815. The van der Waals surface area contributed by atoms with Crippen molar-refractivity contribution in [3.63, 3.8) is 0 Å². The first kappa shape index (κ1) is 6.42. The zero-order valence-corrected chi connectivity index (χ0v) is 7.01. The van der Waals surface area contributed by atoms with Gasteiger partial charge in [-0.3, -0.25) is 0 Å². The summed E-state index contributed by atoms with van der Waals surface area (Å²) in [6, 6.07) is 4.23. The largest absolute Gasteiger partial charge is 0.148 e. The Morgan fingerprint density at radius 1 is 1.75 bits per heavy atom. The SMILES string of the molecule is P=PCc1cccs1. The lowest BCUT2D eigenvalue weighted by Gasteiger charge is -1.80. The highest BCUT2D eigenvalue weighted by Crippen LogP contribution is 2.17. The van der Waals surface area contributed by atoms with Crippen LogP contribution in [0, 0.1) is 0 Å². The Morgan fingerprint density at radius 3 is 3.12 bits per heavy atom. The van der Waals surface area contributed by atoms with E-state index < -0.39 is 0 Å². The Bertz CT molecular complexity index is 157. The molecule has 0 aliphatic heterocycles. The zero-order valence-electron chi connectivity index (χ0n) is 4.29. The average molecular weight is 160 g/mol. The monoisotopic (exact) mass is 160 g/mol. The Labute approximate surface area is 56.8 Å². The molecule has 0 spiro atoms. The Morgan fingerprint density at radius 2 is 2.62 bits per heavy atom. The average Bonchev–Trinajstić information content (AvgIpc) is 2.19. The molecular formula is C5H6P2S. The normalized spacial score (nSPS) is 10.0. The van der Waals surface area contributed by atoms with Crippen molar-refractivity contribution in [1.82, 2.24) is 0 Å². The van der Waals surface area contributed by atoms with Gasteiger partial charge in [0.1, 0.15) is 0 Å². The second-order valence-corrected chi connectivity index (χ2v) is 4.01. The van der Waals surface area contributed by atoms with Gasteiger partial charge in [-0.15, -0.1) is 11.3 Å². The number of hydrogen-bond acceptors (Lipinski definition) is 1. The van der Waals surface area contributed by atoms with Crippen molar-refractivity contribution in [3.8, 4) is 0 Å². The fraction of sp³-hybridized carbons (Fsp3) is 0.200. The summed E-state index contributed by atoms with van der Waals surface area (Å²) in [5.41, 5.74) is 0. The molecule has 8 heavy (non-hydrogen) atoms. The van der Waals surface area contributed by atoms with Gasteiger partial charge in [-0.25, -0.2) is 0 Å². The lowest BCUT2D eigenvalue weighted by atomic mass is 10.5. The molecule has 0 fully saturated rings. The van der Waals surface area contributed by atoms with Crippen molar-refractivity contribution in [2.24, 2.45) is 0 Å². The molecule has 1 heterocycles. The lowest BCUT2D eigenvalue weighted by molar-refractivity contribution is 1.56. The molecule has 0 bridgehead atoms. The van der Waals surface area contributed by atoms with Gasteiger partial charge >= 0.3 is 0 Å². The predicted molar refractivity (Wildman–Crippen MR) is 43.3 cm³/mol. The summed E-state index contributed by atoms with van der Waals surface area (Å²) in [6.07, 6.45) is 1.13. The first-order valence-corrected chi connectivity index (χ1v) is 5.59. The summed E-state index contributed by atoms with van der Waals surface area (Å²) < 4.78 is 0. The summed E-state index contributed by atoms with van der Waals surface area (Å²) in [5, 5.41) is 2.10. The molecule has 0 nitrogen and oxygen atoms in total.